The van der Waals surface area contributed by atoms with E-state index in [2.05, 4.69) is 4.98 Å². The van der Waals surface area contributed by atoms with Crippen molar-refractivity contribution in [3.05, 3.63) is 26.8 Å². The largest absolute Gasteiger partial charge is 0.326 e. The van der Waals surface area contributed by atoms with Crippen LogP contribution in [0.2, 0.25) is 0 Å². The Morgan fingerprint density at radius 2 is 2.15 bits per heavy atom. The average Bonchev–Trinajstić information content (AvgIpc) is 2.09. The van der Waals surface area contributed by atoms with Crippen molar-refractivity contribution in [2.45, 2.75) is 13.0 Å². The molecule has 0 bridgehead atoms. The Morgan fingerprint density at radius 1 is 1.54 bits per heavy atom. The van der Waals surface area contributed by atoms with Crippen molar-refractivity contribution >= 4 is 22.6 Å². The Balaban J connectivity index is 3.30. The summed E-state index contributed by atoms with van der Waals surface area (Å²) in [5.41, 5.74) is 4.37. The van der Waals surface area contributed by atoms with E-state index in [0.29, 0.717) is 0 Å². The van der Waals surface area contributed by atoms with Crippen LogP contribution in [0.5, 0.6) is 0 Å². The first-order chi connectivity index (χ1) is 6.07. The van der Waals surface area contributed by atoms with Crippen molar-refractivity contribution in [1.82, 2.24) is 4.98 Å². The van der Waals surface area contributed by atoms with Gasteiger partial charge in [-0.15, -0.1) is 0 Å². The van der Waals surface area contributed by atoms with Crippen LogP contribution in [0.1, 0.15) is 17.7 Å². The summed E-state index contributed by atoms with van der Waals surface area (Å²) >= 11 is 1.68. The molecule has 2 N–H and O–H groups in total. The lowest BCUT2D eigenvalue weighted by Crippen LogP contribution is -2.08. The van der Waals surface area contributed by atoms with Crippen molar-refractivity contribution in [3.8, 4) is 0 Å². The van der Waals surface area contributed by atoms with Gasteiger partial charge >= 0.3 is 0 Å². The number of hydrogen-bond acceptors (Lipinski definition) is 2. The zero-order chi connectivity index (χ0) is 10.0. The summed E-state index contributed by atoms with van der Waals surface area (Å²) in [4.78, 5) is 3.43. The highest BCUT2D eigenvalue weighted by atomic mass is 127. The van der Waals surface area contributed by atoms with E-state index in [4.69, 9.17) is 5.73 Å². The molecule has 0 unspecified atom stereocenters. The summed E-state index contributed by atoms with van der Waals surface area (Å²) < 4.78 is 37.8. The van der Waals surface area contributed by atoms with Gasteiger partial charge in [-0.2, -0.15) is 0 Å². The van der Waals surface area contributed by atoms with Gasteiger partial charge in [0, 0.05) is 18.3 Å². The van der Waals surface area contributed by atoms with Crippen molar-refractivity contribution < 1.29 is 13.2 Å². The SMILES string of the molecule is NCc1c(C(F)F)ncc(I)c1F. The van der Waals surface area contributed by atoms with Crippen LogP contribution in [0, 0.1) is 9.39 Å². The number of nitrogens with two attached hydrogens (primary N) is 1. The lowest BCUT2D eigenvalue weighted by Gasteiger charge is -2.07. The highest BCUT2D eigenvalue weighted by Crippen LogP contribution is 2.24. The van der Waals surface area contributed by atoms with Crippen LogP contribution in [0.25, 0.3) is 0 Å². The molecule has 0 fully saturated rings. The van der Waals surface area contributed by atoms with Gasteiger partial charge in [-0.25, -0.2) is 13.2 Å². The van der Waals surface area contributed by atoms with E-state index >= 15 is 0 Å². The quantitative estimate of drug-likeness (QED) is 0.851. The molecule has 2 nitrogen and oxygen atoms in total. The fourth-order valence-corrected chi connectivity index (χ4v) is 1.36. The minimum Gasteiger partial charge on any atom is -0.326 e. The van der Waals surface area contributed by atoms with Crippen molar-refractivity contribution in [3.63, 3.8) is 0 Å². The number of halogens is 4. The summed E-state index contributed by atoms with van der Waals surface area (Å²) in [6.45, 7) is -0.269. The minimum absolute atomic E-state index is 0.197. The molecule has 1 rings (SSSR count). The molecule has 1 aromatic heterocycles. The molecule has 1 heterocycles. The minimum atomic E-state index is -2.79. The first kappa shape index (κ1) is 10.7. The maximum absolute atomic E-state index is 13.2. The maximum atomic E-state index is 13.2. The van der Waals surface area contributed by atoms with Crippen LogP contribution in [-0.2, 0) is 6.54 Å². The predicted octanol–water partition coefficient (Wildman–Crippen LogP) is 2.22. The molecule has 0 amide bonds. The van der Waals surface area contributed by atoms with Gasteiger partial charge in [0.05, 0.1) is 3.57 Å². The Hall–Kier alpha value is -0.370. The second-order valence-corrected chi connectivity index (χ2v) is 3.45. The van der Waals surface area contributed by atoms with Gasteiger partial charge < -0.3 is 5.73 Å². The Morgan fingerprint density at radius 3 is 2.62 bits per heavy atom. The monoisotopic (exact) mass is 302 g/mol. The van der Waals surface area contributed by atoms with Crippen LogP contribution in [-0.4, -0.2) is 4.98 Å². The first-order valence-electron chi connectivity index (χ1n) is 3.39. The molecule has 72 valence electrons. The Bertz CT molecular complexity index is 317. The third-order valence-electron chi connectivity index (χ3n) is 1.51. The lowest BCUT2D eigenvalue weighted by atomic mass is 10.2. The number of rotatable bonds is 2. The van der Waals surface area contributed by atoms with Crippen molar-refractivity contribution in [1.29, 1.82) is 0 Å². The molecule has 0 aliphatic heterocycles. The second-order valence-electron chi connectivity index (χ2n) is 2.29. The molecule has 0 aromatic carbocycles. The molecule has 0 saturated heterocycles. The maximum Gasteiger partial charge on any atom is 0.280 e. The molecule has 13 heavy (non-hydrogen) atoms. The molecule has 0 saturated carbocycles. The standard InChI is InChI=1S/C7H6F3IN2/c8-5-3(1-12)6(7(9)10)13-2-4(5)11/h2,7H,1,12H2. The number of pyridine rings is 1. The lowest BCUT2D eigenvalue weighted by molar-refractivity contribution is 0.144. The van der Waals surface area contributed by atoms with E-state index in [1.54, 1.807) is 22.6 Å². The summed E-state index contributed by atoms with van der Waals surface area (Å²) in [5.74, 6) is -0.701. The van der Waals surface area contributed by atoms with E-state index < -0.39 is 17.9 Å². The Kier molecular flexibility index (Phi) is 3.48. The number of nitrogens with zero attached hydrogens (tertiary/aromatic N) is 1. The number of hydrogen-bond donors (Lipinski definition) is 1. The molecule has 6 heteroatoms. The fraction of sp³-hybridized carbons (Fsp3) is 0.286. The zero-order valence-electron chi connectivity index (χ0n) is 6.40. The molecule has 1 aromatic rings. The fourth-order valence-electron chi connectivity index (χ4n) is 0.900. The summed E-state index contributed by atoms with van der Waals surface area (Å²) in [5, 5.41) is 0. The third-order valence-corrected chi connectivity index (χ3v) is 2.26. The van der Waals surface area contributed by atoms with E-state index in [0.717, 1.165) is 6.20 Å². The topological polar surface area (TPSA) is 38.9 Å². The third kappa shape index (κ3) is 2.11. The Labute approximate surface area is 86.5 Å². The van der Waals surface area contributed by atoms with E-state index in [1.165, 1.54) is 0 Å². The van der Waals surface area contributed by atoms with Gasteiger partial charge in [-0.1, -0.05) is 0 Å². The molecule has 0 aliphatic carbocycles. The molecular formula is C7H6F3IN2. The van der Waals surface area contributed by atoms with Crippen molar-refractivity contribution in [2.75, 3.05) is 0 Å². The molecule has 0 aliphatic rings. The smallest absolute Gasteiger partial charge is 0.280 e. The van der Waals surface area contributed by atoms with Gasteiger partial charge in [-0.3, -0.25) is 4.98 Å². The van der Waals surface area contributed by atoms with Gasteiger partial charge in [0.25, 0.3) is 6.43 Å². The average molecular weight is 302 g/mol. The molecule has 0 atom stereocenters. The van der Waals surface area contributed by atoms with Crippen LogP contribution < -0.4 is 5.73 Å². The van der Waals surface area contributed by atoms with Gasteiger partial charge in [-0.05, 0) is 22.6 Å². The molecule has 0 radical (unpaired) electrons. The first-order valence-corrected chi connectivity index (χ1v) is 4.46. The molecule has 0 spiro atoms. The number of aromatic nitrogens is 1. The summed E-state index contributed by atoms with van der Waals surface area (Å²) in [7, 11) is 0. The summed E-state index contributed by atoms with van der Waals surface area (Å²) in [6, 6.07) is 0. The van der Waals surface area contributed by atoms with E-state index in [-0.39, 0.29) is 15.7 Å². The highest BCUT2D eigenvalue weighted by Gasteiger charge is 2.18. The van der Waals surface area contributed by atoms with Gasteiger partial charge in [0.2, 0.25) is 0 Å². The molecular weight excluding hydrogens is 296 g/mol. The second kappa shape index (κ2) is 4.23. The van der Waals surface area contributed by atoms with Gasteiger partial charge in [0.1, 0.15) is 11.5 Å². The summed E-state index contributed by atoms with van der Waals surface area (Å²) in [6.07, 6.45) is -1.72. The van der Waals surface area contributed by atoms with Gasteiger partial charge in [0.15, 0.2) is 0 Å². The normalized spacial score (nSPS) is 10.9. The van der Waals surface area contributed by atoms with Crippen LogP contribution in [0.3, 0.4) is 0 Å². The van der Waals surface area contributed by atoms with E-state index in [1.807, 2.05) is 0 Å². The number of alkyl halides is 2. The van der Waals surface area contributed by atoms with Crippen LogP contribution >= 0.6 is 22.6 Å². The highest BCUT2D eigenvalue weighted by molar-refractivity contribution is 14.1. The predicted molar refractivity (Wildman–Crippen MR) is 49.8 cm³/mol. The van der Waals surface area contributed by atoms with Crippen LogP contribution in [0.4, 0.5) is 13.2 Å². The van der Waals surface area contributed by atoms with Crippen LogP contribution in [0.15, 0.2) is 6.20 Å². The zero-order valence-corrected chi connectivity index (χ0v) is 8.56. The van der Waals surface area contributed by atoms with Crippen molar-refractivity contribution in [2.24, 2.45) is 5.73 Å². The van der Waals surface area contributed by atoms with E-state index in [9.17, 15) is 13.2 Å².